The van der Waals surface area contributed by atoms with E-state index < -0.39 is 22.0 Å². The number of hydrogen-bond acceptors (Lipinski definition) is 8. The third kappa shape index (κ3) is 5.46. The Morgan fingerprint density at radius 2 is 1.83 bits per heavy atom. The minimum absolute atomic E-state index is 0.0245. The summed E-state index contributed by atoms with van der Waals surface area (Å²) in [7, 11) is -3.69. The molecule has 1 atom stereocenters. The van der Waals surface area contributed by atoms with Crippen molar-refractivity contribution in [3.63, 3.8) is 0 Å². The van der Waals surface area contributed by atoms with E-state index in [9.17, 15) is 13.2 Å². The third-order valence-corrected chi connectivity index (χ3v) is 8.11. The molecule has 1 aliphatic heterocycles. The zero-order valence-corrected chi connectivity index (χ0v) is 21.1. The number of carbonyl (C=O) groups is 1. The number of rotatable bonds is 8. The second-order valence-corrected chi connectivity index (χ2v) is 11.0. The van der Waals surface area contributed by atoms with Gasteiger partial charge in [-0.3, -0.25) is 9.69 Å². The third-order valence-electron chi connectivity index (χ3n) is 6.21. The summed E-state index contributed by atoms with van der Waals surface area (Å²) in [6.07, 6.45) is 0. The maximum Gasteiger partial charge on any atom is 0.243 e. The lowest BCUT2D eigenvalue weighted by atomic mass is 10.0. The highest BCUT2D eigenvalue weighted by molar-refractivity contribution is 7.89. The predicted molar refractivity (Wildman–Crippen MR) is 136 cm³/mol. The van der Waals surface area contributed by atoms with E-state index in [1.54, 1.807) is 12.1 Å². The molecule has 36 heavy (non-hydrogen) atoms. The second kappa shape index (κ2) is 10.6. The van der Waals surface area contributed by atoms with Gasteiger partial charge in [0, 0.05) is 31.6 Å². The molecule has 0 aliphatic carbocycles. The standard InChI is InChI=1S/C25H29N7O3S/c1-17(2)23(24(27)33)30-25-20-8-3-4-9-21(20)28-22(29-25)16-31-10-12-32(13-11-31)36(34,35)19-7-5-6-18(14-19)15-26/h3-9,14,17,23H,10-13,16H2,1-2H3,(H2,27,33)(H,28,29,30)/t23-/m0/s1. The molecule has 0 radical (unpaired) electrons. The van der Waals surface area contributed by atoms with Crippen LogP contribution in [-0.2, 0) is 21.4 Å². The van der Waals surface area contributed by atoms with E-state index in [0.717, 1.165) is 10.9 Å². The molecule has 3 aromatic rings. The molecular formula is C25H29N7O3S. The molecule has 1 aromatic heterocycles. The largest absolute Gasteiger partial charge is 0.368 e. The Kier molecular flexibility index (Phi) is 7.49. The number of primary amides is 1. The lowest BCUT2D eigenvalue weighted by molar-refractivity contribution is -0.119. The molecule has 3 N–H and O–H groups in total. The number of benzene rings is 2. The molecule has 188 valence electrons. The number of piperazine rings is 1. The number of carbonyl (C=O) groups excluding carboxylic acids is 1. The number of nitrogens with zero attached hydrogens (tertiary/aromatic N) is 5. The van der Waals surface area contributed by atoms with Crippen LogP contribution in [0.3, 0.4) is 0 Å². The molecule has 1 aliphatic rings. The van der Waals surface area contributed by atoms with Crippen LogP contribution in [-0.4, -0.2) is 65.7 Å². The van der Waals surface area contributed by atoms with Gasteiger partial charge < -0.3 is 11.1 Å². The summed E-state index contributed by atoms with van der Waals surface area (Å²) < 4.78 is 27.5. The zero-order valence-electron chi connectivity index (χ0n) is 20.3. The van der Waals surface area contributed by atoms with Gasteiger partial charge in [0.25, 0.3) is 0 Å². The van der Waals surface area contributed by atoms with Gasteiger partial charge in [-0.2, -0.15) is 9.57 Å². The number of anilines is 1. The summed E-state index contributed by atoms with van der Waals surface area (Å²) in [6.45, 7) is 5.90. The van der Waals surface area contributed by atoms with Crippen molar-refractivity contribution >= 4 is 32.7 Å². The normalized spacial score (nSPS) is 16.1. The Hall–Kier alpha value is -3.59. The highest BCUT2D eigenvalue weighted by Crippen LogP contribution is 2.24. The molecule has 4 rings (SSSR count). The van der Waals surface area contributed by atoms with Crippen LogP contribution in [0.5, 0.6) is 0 Å². The monoisotopic (exact) mass is 507 g/mol. The van der Waals surface area contributed by atoms with Crippen molar-refractivity contribution in [2.24, 2.45) is 11.7 Å². The number of fused-ring (bicyclic) bond motifs is 1. The Bertz CT molecular complexity index is 1410. The van der Waals surface area contributed by atoms with Gasteiger partial charge >= 0.3 is 0 Å². The highest BCUT2D eigenvalue weighted by Gasteiger charge is 2.29. The van der Waals surface area contributed by atoms with Gasteiger partial charge in [-0.05, 0) is 36.2 Å². The Morgan fingerprint density at radius 3 is 2.50 bits per heavy atom. The van der Waals surface area contributed by atoms with Crippen LogP contribution < -0.4 is 11.1 Å². The van der Waals surface area contributed by atoms with Crippen LogP contribution in [0.25, 0.3) is 10.9 Å². The van der Waals surface area contributed by atoms with Crippen LogP contribution in [0.15, 0.2) is 53.4 Å². The van der Waals surface area contributed by atoms with Gasteiger partial charge in [-0.25, -0.2) is 18.4 Å². The van der Waals surface area contributed by atoms with E-state index >= 15 is 0 Å². The Labute approximate surface area is 210 Å². The SMILES string of the molecule is CC(C)[C@H](Nc1nc(CN2CCN(S(=O)(=O)c3cccc(C#N)c3)CC2)nc2ccccc12)C(N)=O. The fourth-order valence-electron chi connectivity index (χ4n) is 4.22. The number of hydrogen-bond donors (Lipinski definition) is 2. The van der Waals surface area contributed by atoms with Crippen LogP contribution in [0.1, 0.15) is 25.2 Å². The molecule has 11 heteroatoms. The van der Waals surface area contributed by atoms with Gasteiger partial charge in [-0.15, -0.1) is 0 Å². The Morgan fingerprint density at radius 1 is 1.11 bits per heavy atom. The van der Waals surface area contributed by atoms with Crippen LogP contribution >= 0.6 is 0 Å². The van der Waals surface area contributed by atoms with Crippen LogP contribution in [0, 0.1) is 17.2 Å². The molecule has 1 amide bonds. The van der Waals surface area contributed by atoms with Crippen molar-refractivity contribution < 1.29 is 13.2 Å². The molecular weight excluding hydrogens is 478 g/mol. The Balaban J connectivity index is 1.50. The van der Waals surface area contributed by atoms with Gasteiger partial charge in [0.2, 0.25) is 15.9 Å². The molecule has 0 bridgehead atoms. The summed E-state index contributed by atoms with van der Waals surface area (Å²) in [6, 6.07) is 15.0. The van der Waals surface area contributed by atoms with E-state index in [0.29, 0.717) is 49.9 Å². The molecule has 1 fully saturated rings. The maximum atomic E-state index is 13.1. The molecule has 10 nitrogen and oxygen atoms in total. The molecule has 2 heterocycles. The van der Waals surface area contributed by atoms with Crippen molar-refractivity contribution in [2.45, 2.75) is 31.3 Å². The second-order valence-electron chi connectivity index (χ2n) is 9.09. The number of nitrogens with one attached hydrogen (secondary N) is 1. The van der Waals surface area contributed by atoms with Crippen LogP contribution in [0.2, 0.25) is 0 Å². The first-order chi connectivity index (χ1) is 17.2. The van der Waals surface area contributed by atoms with Crippen molar-refractivity contribution in [1.29, 1.82) is 5.26 Å². The highest BCUT2D eigenvalue weighted by atomic mass is 32.2. The summed E-state index contributed by atoms with van der Waals surface area (Å²) in [5.41, 5.74) is 6.66. The maximum absolute atomic E-state index is 13.1. The first-order valence-electron chi connectivity index (χ1n) is 11.7. The van der Waals surface area contributed by atoms with Crippen molar-refractivity contribution in [3.8, 4) is 6.07 Å². The van der Waals surface area contributed by atoms with Gasteiger partial charge in [0.1, 0.15) is 17.7 Å². The number of para-hydroxylation sites is 1. The van der Waals surface area contributed by atoms with Gasteiger partial charge in [0.05, 0.1) is 28.6 Å². The van der Waals surface area contributed by atoms with E-state index in [1.807, 2.05) is 44.2 Å². The number of sulfonamides is 1. The first-order valence-corrected chi connectivity index (χ1v) is 13.2. The lowest BCUT2D eigenvalue weighted by Gasteiger charge is -2.33. The minimum atomic E-state index is -3.69. The van der Waals surface area contributed by atoms with E-state index in [2.05, 4.69) is 10.2 Å². The van der Waals surface area contributed by atoms with Crippen LogP contribution in [0.4, 0.5) is 5.82 Å². The van der Waals surface area contributed by atoms with Crippen molar-refractivity contribution in [3.05, 3.63) is 59.9 Å². The number of aromatic nitrogens is 2. The fourth-order valence-corrected chi connectivity index (χ4v) is 5.69. The van der Waals surface area contributed by atoms with Crippen molar-refractivity contribution in [2.75, 3.05) is 31.5 Å². The van der Waals surface area contributed by atoms with Crippen molar-refractivity contribution in [1.82, 2.24) is 19.2 Å². The average molecular weight is 508 g/mol. The molecule has 0 saturated carbocycles. The summed E-state index contributed by atoms with van der Waals surface area (Å²) in [5.74, 6) is 0.642. The van der Waals surface area contributed by atoms with E-state index in [4.69, 9.17) is 21.0 Å². The lowest BCUT2D eigenvalue weighted by Crippen LogP contribution is -2.48. The topological polar surface area (TPSA) is 145 Å². The average Bonchev–Trinajstić information content (AvgIpc) is 2.87. The predicted octanol–water partition coefficient (Wildman–Crippen LogP) is 1.93. The van der Waals surface area contributed by atoms with E-state index in [1.165, 1.54) is 16.4 Å². The molecule has 0 unspecified atom stereocenters. The quantitative estimate of drug-likeness (QED) is 0.470. The number of amides is 1. The summed E-state index contributed by atoms with van der Waals surface area (Å²) in [5, 5.41) is 13.1. The molecule has 0 spiro atoms. The number of nitrogens with two attached hydrogens (primary N) is 1. The minimum Gasteiger partial charge on any atom is -0.368 e. The fraction of sp³-hybridized carbons (Fsp3) is 0.360. The van der Waals surface area contributed by atoms with Gasteiger partial charge in [-0.1, -0.05) is 32.0 Å². The summed E-state index contributed by atoms with van der Waals surface area (Å²) in [4.78, 5) is 23.6. The smallest absolute Gasteiger partial charge is 0.243 e. The summed E-state index contributed by atoms with van der Waals surface area (Å²) >= 11 is 0. The van der Waals surface area contributed by atoms with E-state index in [-0.39, 0.29) is 10.8 Å². The number of nitriles is 1. The first kappa shape index (κ1) is 25.5. The zero-order chi connectivity index (χ0) is 25.9. The van der Waals surface area contributed by atoms with Gasteiger partial charge in [0.15, 0.2) is 0 Å². The molecule has 1 saturated heterocycles. The molecule has 2 aromatic carbocycles.